The molecule has 2 aromatic carbocycles. The molecule has 2 heterocycles. The van der Waals surface area contributed by atoms with Gasteiger partial charge in [-0.1, -0.05) is 23.8 Å². The zero-order chi connectivity index (χ0) is 50.5. The molecule has 2 unspecified atom stereocenters. The van der Waals surface area contributed by atoms with Crippen molar-refractivity contribution in [3.8, 4) is 0 Å². The Morgan fingerprint density at radius 2 is 1.48 bits per heavy atom. The number of benzene rings is 2. The number of H-pyrrole nitrogens is 1. The van der Waals surface area contributed by atoms with Gasteiger partial charge in [-0.15, -0.1) is 0 Å². The molecule has 11 N–H and O–H groups in total. The van der Waals surface area contributed by atoms with Crippen LogP contribution < -0.4 is 47.8 Å². The van der Waals surface area contributed by atoms with Crippen LogP contribution in [-0.2, 0) is 51.8 Å². The van der Waals surface area contributed by atoms with Crippen LogP contribution in [0.15, 0.2) is 58.6 Å². The SMILES string of the molecule is CCNC(=O)C(N)CCC(=O)NCCCOCCCNC(=O)CCC(=O)NCCCn1cc(C(=O)NCC(NS(=O)(=O)c2c(C)cc(C)cc2C)C(=O)O)c(=O)c2ccc(CNc3ncc[nH]3)cc21. The molecular weight excluding hydrogens is 915 g/mol. The van der Waals surface area contributed by atoms with Gasteiger partial charge in [0.2, 0.25) is 39.1 Å². The number of carbonyl (C=O) groups is 6. The molecule has 0 saturated carbocycles. The average Bonchev–Trinajstić information content (AvgIpc) is 3.83. The van der Waals surface area contributed by atoms with Crippen molar-refractivity contribution in [1.29, 1.82) is 0 Å². The number of imidazole rings is 1. The van der Waals surface area contributed by atoms with Crippen LogP contribution in [0.25, 0.3) is 10.9 Å². The number of nitrogens with one attached hydrogen (secondary N) is 8. The van der Waals surface area contributed by atoms with Crippen molar-refractivity contribution in [1.82, 2.24) is 45.8 Å². The first-order valence-electron chi connectivity index (χ1n) is 22.8. The van der Waals surface area contributed by atoms with Gasteiger partial charge in [0.25, 0.3) is 5.91 Å². The molecule has 0 fully saturated rings. The van der Waals surface area contributed by atoms with E-state index in [9.17, 15) is 47.1 Å². The Balaban J connectivity index is 1.26. The van der Waals surface area contributed by atoms with Gasteiger partial charge in [-0.2, -0.15) is 4.72 Å². The molecule has 5 amide bonds. The average molecular weight is 980 g/mol. The highest BCUT2D eigenvalue weighted by molar-refractivity contribution is 7.89. The second kappa shape index (κ2) is 27.3. The minimum Gasteiger partial charge on any atom is -0.480 e. The van der Waals surface area contributed by atoms with Crippen LogP contribution in [0.3, 0.4) is 0 Å². The van der Waals surface area contributed by atoms with Crippen molar-refractivity contribution in [2.75, 3.05) is 51.3 Å². The van der Waals surface area contributed by atoms with Gasteiger partial charge in [0.15, 0.2) is 5.95 Å². The topological polar surface area (TPSA) is 327 Å². The summed E-state index contributed by atoms with van der Waals surface area (Å²) >= 11 is 0. The van der Waals surface area contributed by atoms with Crippen LogP contribution in [0.4, 0.5) is 5.95 Å². The number of carbonyl (C=O) groups excluding carboxylic acids is 5. The number of nitrogens with zero attached hydrogens (tertiary/aromatic N) is 2. The minimum absolute atomic E-state index is 0.0341. The number of aromatic amines is 1. The molecule has 376 valence electrons. The maximum absolute atomic E-state index is 13.8. The summed E-state index contributed by atoms with van der Waals surface area (Å²) in [7, 11) is -4.34. The molecule has 0 spiro atoms. The number of aryl methyl sites for hydroxylation is 4. The van der Waals surface area contributed by atoms with Gasteiger partial charge in [0, 0.05) is 102 Å². The first kappa shape index (κ1) is 54.9. The van der Waals surface area contributed by atoms with Gasteiger partial charge in [-0.3, -0.25) is 33.6 Å². The maximum atomic E-state index is 13.8. The molecule has 0 saturated heterocycles. The van der Waals surface area contributed by atoms with Crippen LogP contribution in [0, 0.1) is 20.8 Å². The van der Waals surface area contributed by atoms with E-state index in [1.54, 1.807) is 68.1 Å². The van der Waals surface area contributed by atoms with E-state index in [1.165, 1.54) is 6.20 Å². The Morgan fingerprint density at radius 1 is 0.855 bits per heavy atom. The summed E-state index contributed by atoms with van der Waals surface area (Å²) < 4.78 is 36.1. The van der Waals surface area contributed by atoms with Crippen molar-refractivity contribution in [2.45, 2.75) is 103 Å². The third kappa shape index (κ3) is 17.7. The Kier molecular flexibility index (Phi) is 21.8. The lowest BCUT2D eigenvalue weighted by atomic mass is 10.1. The second-order valence-corrected chi connectivity index (χ2v) is 18.1. The number of nitrogens with two attached hydrogens (primary N) is 1. The fourth-order valence-corrected chi connectivity index (χ4v) is 8.99. The van der Waals surface area contributed by atoms with Gasteiger partial charge in [-0.05, 0) is 82.2 Å². The number of hydrogen-bond acceptors (Lipinski definition) is 13. The highest BCUT2D eigenvalue weighted by Crippen LogP contribution is 2.22. The number of amides is 5. The summed E-state index contributed by atoms with van der Waals surface area (Å²) in [5.41, 5.74) is 7.77. The molecule has 2 atom stereocenters. The van der Waals surface area contributed by atoms with E-state index >= 15 is 0 Å². The number of carboxylic acids is 1. The first-order chi connectivity index (χ1) is 32.9. The zero-order valence-corrected chi connectivity index (χ0v) is 40.3. The second-order valence-electron chi connectivity index (χ2n) is 16.4. The van der Waals surface area contributed by atoms with Crippen LogP contribution >= 0.6 is 0 Å². The number of ether oxygens (including phenoxy) is 1. The lowest BCUT2D eigenvalue weighted by Crippen LogP contribution is -2.49. The zero-order valence-electron chi connectivity index (χ0n) is 39.5. The highest BCUT2D eigenvalue weighted by atomic mass is 32.2. The lowest BCUT2D eigenvalue weighted by molar-refractivity contribution is -0.138. The van der Waals surface area contributed by atoms with E-state index in [4.69, 9.17) is 10.5 Å². The van der Waals surface area contributed by atoms with Crippen LogP contribution in [0.2, 0.25) is 0 Å². The number of rotatable bonds is 30. The molecule has 0 aliphatic carbocycles. The van der Waals surface area contributed by atoms with Gasteiger partial charge in [0.1, 0.15) is 11.6 Å². The molecule has 22 nitrogen and oxygen atoms in total. The van der Waals surface area contributed by atoms with Gasteiger partial charge in [-0.25, -0.2) is 13.4 Å². The number of hydrogen-bond donors (Lipinski definition) is 10. The third-order valence-electron chi connectivity index (χ3n) is 10.7. The Labute approximate surface area is 400 Å². The number of likely N-dealkylation sites (N-methyl/N-ethyl adjacent to an activating group) is 1. The van der Waals surface area contributed by atoms with Gasteiger partial charge in [0.05, 0.1) is 16.5 Å². The molecule has 0 bridgehead atoms. The number of aliphatic carboxylic acids is 1. The summed E-state index contributed by atoms with van der Waals surface area (Å²) in [6.45, 7) is 8.93. The summed E-state index contributed by atoms with van der Waals surface area (Å²) in [6.07, 6.45) is 6.39. The fourth-order valence-electron chi connectivity index (χ4n) is 7.35. The smallest absolute Gasteiger partial charge is 0.323 e. The van der Waals surface area contributed by atoms with E-state index < -0.39 is 46.0 Å². The maximum Gasteiger partial charge on any atom is 0.323 e. The third-order valence-corrected chi connectivity index (χ3v) is 12.5. The van der Waals surface area contributed by atoms with Crippen LogP contribution in [-0.4, -0.2) is 122 Å². The molecule has 0 aliphatic rings. The quantitative estimate of drug-likeness (QED) is 0.0326. The molecule has 0 aliphatic heterocycles. The summed E-state index contributed by atoms with van der Waals surface area (Å²) in [5.74, 6) is -3.05. The number of anilines is 1. The van der Waals surface area contributed by atoms with Crippen LogP contribution in [0.1, 0.15) is 84.5 Å². The predicted octanol–water partition coefficient (Wildman–Crippen LogP) is 0.983. The van der Waals surface area contributed by atoms with Crippen molar-refractivity contribution in [3.63, 3.8) is 0 Å². The Hall–Kier alpha value is -6.69. The number of aromatic nitrogens is 3. The first-order valence-corrected chi connectivity index (χ1v) is 24.3. The Morgan fingerprint density at radius 3 is 2.07 bits per heavy atom. The van der Waals surface area contributed by atoms with Crippen LogP contribution in [0.5, 0.6) is 0 Å². The van der Waals surface area contributed by atoms with Crippen molar-refractivity contribution >= 4 is 62.4 Å². The summed E-state index contributed by atoms with van der Waals surface area (Å²) in [6, 6.07) is 5.90. The van der Waals surface area contributed by atoms with Crippen molar-refractivity contribution < 1.29 is 47.0 Å². The fraction of sp³-hybridized carbons (Fsp3) is 0.478. The van der Waals surface area contributed by atoms with Crippen molar-refractivity contribution in [2.24, 2.45) is 5.73 Å². The van der Waals surface area contributed by atoms with E-state index in [0.29, 0.717) is 81.2 Å². The Bertz CT molecular complexity index is 2560. The van der Waals surface area contributed by atoms with E-state index in [-0.39, 0.29) is 78.2 Å². The number of sulfonamides is 1. The monoisotopic (exact) mass is 979 g/mol. The normalized spacial score (nSPS) is 12.2. The predicted molar refractivity (Wildman–Crippen MR) is 258 cm³/mol. The van der Waals surface area contributed by atoms with Crippen molar-refractivity contribution in [3.05, 3.63) is 87.0 Å². The molecular formula is C46H65N11O11S. The lowest BCUT2D eigenvalue weighted by Gasteiger charge is -2.19. The molecule has 69 heavy (non-hydrogen) atoms. The van der Waals surface area contributed by atoms with E-state index in [0.717, 1.165) is 11.1 Å². The largest absolute Gasteiger partial charge is 0.480 e. The number of fused-ring (bicyclic) bond motifs is 1. The molecule has 4 rings (SSSR count). The van der Waals surface area contributed by atoms with Gasteiger partial charge >= 0.3 is 5.97 Å². The molecule has 2 aromatic heterocycles. The van der Waals surface area contributed by atoms with Gasteiger partial charge < -0.3 is 57.0 Å². The number of pyridine rings is 1. The highest BCUT2D eigenvalue weighted by Gasteiger charge is 2.29. The number of carboxylic acid groups (broad SMARTS) is 1. The molecule has 0 radical (unpaired) electrons. The summed E-state index contributed by atoms with van der Waals surface area (Å²) in [4.78, 5) is 95.4. The van der Waals surface area contributed by atoms with E-state index in [1.807, 2.05) is 6.92 Å². The standard InChI is InChI=1S/C46H65N11O11S/c1-5-48-44(63)35(47)11-12-38(58)50-16-7-21-68-22-8-17-51-40(60)14-13-39(59)49-15-6-20-57-28-34(41(61)33-10-9-32(25-37(33)57)26-55-46-52-18-19-53-46)43(62)54-27-36(45(64)65)56-69(66,67)42-30(3)23-29(2)24-31(42)4/h9-10,18-19,23-25,28,35-36,56H,5-8,11-17,20-22,26-27,47H2,1-4H3,(H,48,63)(H,49,59)(H,50,58)(H,51,60)(H,54,62)(H,64,65)(H2,52,53,55). The summed E-state index contributed by atoms with van der Waals surface area (Å²) in [5, 5.41) is 26.6. The van der Waals surface area contributed by atoms with E-state index in [2.05, 4.69) is 46.6 Å². The molecule has 23 heteroatoms. The molecule has 4 aromatic rings. The minimum atomic E-state index is -4.34.